The van der Waals surface area contributed by atoms with E-state index in [1.54, 1.807) is 0 Å². The Bertz CT molecular complexity index is 860. The van der Waals surface area contributed by atoms with Gasteiger partial charge in [0.2, 0.25) is 5.91 Å². The number of halogens is 1. The van der Waals surface area contributed by atoms with E-state index in [0.717, 1.165) is 19.3 Å². The van der Waals surface area contributed by atoms with E-state index < -0.39 is 9.84 Å². The second kappa shape index (κ2) is 7.80. The van der Waals surface area contributed by atoms with Gasteiger partial charge in [0.05, 0.1) is 10.6 Å². The van der Waals surface area contributed by atoms with E-state index in [1.807, 2.05) is 18.2 Å². The van der Waals surface area contributed by atoms with Gasteiger partial charge in [-0.05, 0) is 42.7 Å². The minimum atomic E-state index is -3.49. The summed E-state index contributed by atoms with van der Waals surface area (Å²) in [5, 5.41) is 3.41. The largest absolute Gasteiger partial charge is 0.355 e. The van der Waals surface area contributed by atoms with Crippen LogP contribution in [0.3, 0.4) is 0 Å². The monoisotopic (exact) mass is 391 g/mol. The van der Waals surface area contributed by atoms with Crippen molar-refractivity contribution in [1.82, 2.24) is 5.32 Å². The zero-order valence-electron chi connectivity index (χ0n) is 14.4. The number of carbonyl (C=O) groups is 1. The van der Waals surface area contributed by atoms with Crippen LogP contribution in [-0.4, -0.2) is 26.6 Å². The van der Waals surface area contributed by atoms with Gasteiger partial charge in [-0.25, -0.2) is 8.42 Å². The topological polar surface area (TPSA) is 63.2 Å². The lowest BCUT2D eigenvalue weighted by atomic mass is 9.64. The number of nitrogens with one attached hydrogen (secondary N) is 1. The van der Waals surface area contributed by atoms with Gasteiger partial charge in [-0.15, -0.1) is 0 Å². The van der Waals surface area contributed by atoms with Gasteiger partial charge in [0.1, 0.15) is 0 Å². The van der Waals surface area contributed by atoms with Gasteiger partial charge in [-0.2, -0.15) is 0 Å². The zero-order chi connectivity index (χ0) is 18.6. The molecule has 1 N–H and O–H groups in total. The average molecular weight is 392 g/mol. The molecule has 1 saturated carbocycles. The molecule has 0 aromatic heterocycles. The highest BCUT2D eigenvalue weighted by Crippen LogP contribution is 2.43. The Morgan fingerprint density at radius 1 is 1.04 bits per heavy atom. The van der Waals surface area contributed by atoms with Crippen LogP contribution >= 0.6 is 11.6 Å². The molecule has 0 saturated heterocycles. The second-order valence-corrected chi connectivity index (χ2v) is 9.35. The molecular weight excluding hydrogens is 370 g/mol. The van der Waals surface area contributed by atoms with Gasteiger partial charge in [0.15, 0.2) is 9.84 Å². The molecule has 0 radical (unpaired) electrons. The lowest BCUT2D eigenvalue weighted by molar-refractivity contribution is -0.121. The van der Waals surface area contributed by atoms with Crippen molar-refractivity contribution >= 4 is 27.3 Å². The molecule has 3 rings (SSSR count). The lowest BCUT2D eigenvalue weighted by Gasteiger charge is -2.42. The SMILES string of the molecule is O=C(CCS(=O)(=O)c1ccc(Cl)cc1)NCC1(c2ccccc2)CCC1. The summed E-state index contributed by atoms with van der Waals surface area (Å²) >= 11 is 5.78. The van der Waals surface area contributed by atoms with Crippen LogP contribution in [0.2, 0.25) is 5.02 Å². The van der Waals surface area contributed by atoms with E-state index >= 15 is 0 Å². The Labute approximate surface area is 159 Å². The summed E-state index contributed by atoms with van der Waals surface area (Å²) in [4.78, 5) is 12.4. The Morgan fingerprint density at radius 2 is 1.69 bits per heavy atom. The summed E-state index contributed by atoms with van der Waals surface area (Å²) in [5.74, 6) is -0.441. The highest BCUT2D eigenvalue weighted by molar-refractivity contribution is 7.91. The van der Waals surface area contributed by atoms with Crippen molar-refractivity contribution in [3.8, 4) is 0 Å². The standard InChI is InChI=1S/C20H22ClNO3S/c21-17-7-9-18(10-8-17)26(24,25)14-11-19(23)22-15-20(12-4-13-20)16-5-2-1-3-6-16/h1-3,5-10H,4,11-15H2,(H,22,23). The molecular formula is C20H22ClNO3S. The number of sulfone groups is 1. The fraction of sp³-hybridized carbons (Fsp3) is 0.350. The van der Waals surface area contributed by atoms with Gasteiger partial charge in [0.25, 0.3) is 0 Å². The molecule has 138 valence electrons. The summed E-state index contributed by atoms with van der Waals surface area (Å²) in [7, 11) is -3.49. The van der Waals surface area contributed by atoms with Gasteiger partial charge < -0.3 is 5.32 Å². The minimum absolute atomic E-state index is 0.00796. The molecule has 1 amide bonds. The average Bonchev–Trinajstić information content (AvgIpc) is 2.60. The number of rotatable bonds is 7. The smallest absolute Gasteiger partial charge is 0.221 e. The maximum atomic E-state index is 12.3. The molecule has 2 aromatic rings. The number of amides is 1. The van der Waals surface area contributed by atoms with E-state index in [2.05, 4.69) is 17.4 Å². The van der Waals surface area contributed by atoms with E-state index in [9.17, 15) is 13.2 Å². The van der Waals surface area contributed by atoms with Crippen LogP contribution in [0.1, 0.15) is 31.2 Å². The van der Waals surface area contributed by atoms with Crippen molar-refractivity contribution in [2.75, 3.05) is 12.3 Å². The quantitative estimate of drug-likeness (QED) is 0.781. The molecule has 0 atom stereocenters. The third kappa shape index (κ3) is 4.27. The summed E-state index contributed by atoms with van der Waals surface area (Å²) in [6.45, 7) is 0.552. The third-order valence-corrected chi connectivity index (χ3v) is 7.08. The van der Waals surface area contributed by atoms with Gasteiger partial charge in [-0.1, -0.05) is 48.4 Å². The molecule has 2 aromatic carbocycles. The van der Waals surface area contributed by atoms with Crippen molar-refractivity contribution in [3.63, 3.8) is 0 Å². The van der Waals surface area contributed by atoms with Crippen molar-refractivity contribution in [2.45, 2.75) is 36.0 Å². The lowest BCUT2D eigenvalue weighted by Crippen LogP contribution is -2.45. The van der Waals surface area contributed by atoms with Crippen molar-refractivity contribution in [2.24, 2.45) is 0 Å². The Morgan fingerprint density at radius 3 is 2.27 bits per heavy atom. The summed E-state index contributed by atoms with van der Waals surface area (Å²) in [5.41, 5.74) is 1.23. The first-order valence-corrected chi connectivity index (χ1v) is 10.7. The first-order valence-electron chi connectivity index (χ1n) is 8.72. The molecule has 6 heteroatoms. The molecule has 0 heterocycles. The maximum Gasteiger partial charge on any atom is 0.221 e. The van der Waals surface area contributed by atoms with Crippen LogP contribution in [0.4, 0.5) is 0 Å². The van der Waals surface area contributed by atoms with Crippen LogP contribution in [0, 0.1) is 0 Å². The molecule has 1 aliphatic carbocycles. The highest BCUT2D eigenvalue weighted by atomic mass is 35.5. The van der Waals surface area contributed by atoms with Gasteiger partial charge >= 0.3 is 0 Å². The maximum absolute atomic E-state index is 12.3. The zero-order valence-corrected chi connectivity index (χ0v) is 16.0. The molecule has 1 fully saturated rings. The summed E-state index contributed by atoms with van der Waals surface area (Å²) in [6, 6.07) is 16.2. The van der Waals surface area contributed by atoms with Crippen LogP contribution in [-0.2, 0) is 20.0 Å². The van der Waals surface area contributed by atoms with Crippen LogP contribution in [0.25, 0.3) is 0 Å². The van der Waals surface area contributed by atoms with Crippen LogP contribution in [0.5, 0.6) is 0 Å². The van der Waals surface area contributed by atoms with Gasteiger partial charge in [0, 0.05) is 23.4 Å². The predicted octanol–water partition coefficient (Wildman–Crippen LogP) is 3.74. The number of hydrogen-bond acceptors (Lipinski definition) is 3. The Balaban J connectivity index is 1.55. The molecule has 1 aliphatic rings. The van der Waals surface area contributed by atoms with Crippen molar-refractivity contribution in [1.29, 1.82) is 0 Å². The minimum Gasteiger partial charge on any atom is -0.355 e. The van der Waals surface area contributed by atoms with Crippen molar-refractivity contribution < 1.29 is 13.2 Å². The van der Waals surface area contributed by atoms with E-state index in [0.29, 0.717) is 11.6 Å². The van der Waals surface area contributed by atoms with E-state index in [1.165, 1.54) is 29.8 Å². The highest BCUT2D eigenvalue weighted by Gasteiger charge is 2.38. The first-order chi connectivity index (χ1) is 12.4. The Hall–Kier alpha value is -1.85. The fourth-order valence-corrected chi connectivity index (χ4v) is 4.67. The van der Waals surface area contributed by atoms with Gasteiger partial charge in [-0.3, -0.25) is 4.79 Å². The summed E-state index contributed by atoms with van der Waals surface area (Å²) < 4.78 is 24.6. The molecule has 26 heavy (non-hydrogen) atoms. The number of hydrogen-bond donors (Lipinski definition) is 1. The molecule has 0 spiro atoms. The number of benzene rings is 2. The third-order valence-electron chi connectivity index (χ3n) is 5.09. The fourth-order valence-electron chi connectivity index (χ4n) is 3.31. The molecule has 4 nitrogen and oxygen atoms in total. The molecule has 0 unspecified atom stereocenters. The van der Waals surface area contributed by atoms with Crippen LogP contribution in [0.15, 0.2) is 59.5 Å². The summed E-state index contributed by atoms with van der Waals surface area (Å²) in [6.07, 6.45) is 3.19. The predicted molar refractivity (Wildman–Crippen MR) is 103 cm³/mol. The first kappa shape index (κ1) is 18.9. The number of carbonyl (C=O) groups excluding carboxylic acids is 1. The van der Waals surface area contributed by atoms with E-state index in [-0.39, 0.29) is 28.4 Å². The normalized spacial score (nSPS) is 15.9. The Kier molecular flexibility index (Phi) is 5.68. The van der Waals surface area contributed by atoms with Crippen molar-refractivity contribution in [3.05, 3.63) is 65.2 Å². The molecule has 0 bridgehead atoms. The molecule has 0 aliphatic heterocycles. The second-order valence-electron chi connectivity index (χ2n) is 6.80. The van der Waals surface area contributed by atoms with Crippen LogP contribution < -0.4 is 5.32 Å². The van der Waals surface area contributed by atoms with E-state index in [4.69, 9.17) is 11.6 Å².